The zero-order chi connectivity index (χ0) is 19.6. The van der Waals surface area contributed by atoms with Crippen molar-refractivity contribution in [2.24, 2.45) is 5.14 Å². The largest absolute Gasteiger partial charge is 0.449 e. The van der Waals surface area contributed by atoms with Gasteiger partial charge in [0.1, 0.15) is 4.21 Å². The van der Waals surface area contributed by atoms with Crippen LogP contribution in [0.5, 0.6) is 0 Å². The van der Waals surface area contributed by atoms with Gasteiger partial charge in [0.05, 0.1) is 5.56 Å². The Morgan fingerprint density at radius 1 is 1.11 bits per heavy atom. The Hall–Kier alpha value is -2.75. The number of esters is 1. The molecular weight excluding hydrogens is 388 g/mol. The van der Waals surface area contributed by atoms with Crippen molar-refractivity contribution in [1.29, 1.82) is 0 Å². The smallest absolute Gasteiger partial charge is 0.339 e. The van der Waals surface area contributed by atoms with Gasteiger partial charge >= 0.3 is 5.97 Å². The van der Waals surface area contributed by atoms with Crippen molar-refractivity contribution >= 4 is 49.7 Å². The van der Waals surface area contributed by atoms with E-state index in [1.165, 1.54) is 12.3 Å². The van der Waals surface area contributed by atoms with Crippen LogP contribution in [0.25, 0.3) is 10.8 Å². The van der Waals surface area contributed by atoms with E-state index >= 15 is 0 Å². The van der Waals surface area contributed by atoms with Crippen molar-refractivity contribution < 1.29 is 22.7 Å². The summed E-state index contributed by atoms with van der Waals surface area (Å²) in [5, 5.41) is 11.0. The number of benzene rings is 2. The van der Waals surface area contributed by atoms with E-state index in [2.05, 4.69) is 5.32 Å². The summed E-state index contributed by atoms with van der Waals surface area (Å²) < 4.78 is 27.5. The SMILES string of the molecule is C[C@@H](OC(=O)c1csc(S(N)(=O)=O)c1)C(=O)Nc1ccc2ccccc2c1. The maximum absolute atomic E-state index is 12.3. The molecule has 0 unspecified atom stereocenters. The molecule has 1 amide bonds. The topological polar surface area (TPSA) is 116 Å². The molecule has 3 rings (SSSR count). The quantitative estimate of drug-likeness (QED) is 0.635. The molecule has 3 N–H and O–H groups in total. The van der Waals surface area contributed by atoms with Crippen LogP contribution in [0, 0.1) is 0 Å². The maximum atomic E-state index is 12.3. The number of hydrogen-bond acceptors (Lipinski definition) is 6. The van der Waals surface area contributed by atoms with E-state index in [1.807, 2.05) is 36.4 Å². The standard InChI is InChI=1S/C18H16N2O5S2/c1-11(25-18(22)14-9-16(26-10-14)27(19,23)24)17(21)20-15-7-6-12-4-2-3-5-13(12)8-15/h2-11H,1H3,(H,20,21)(H2,19,23,24)/t11-/m1/s1. The molecule has 0 aliphatic carbocycles. The van der Waals surface area contributed by atoms with Crippen LogP contribution < -0.4 is 10.5 Å². The first-order valence-electron chi connectivity index (χ1n) is 7.86. The maximum Gasteiger partial charge on any atom is 0.339 e. The van der Waals surface area contributed by atoms with Crippen molar-refractivity contribution in [3.8, 4) is 0 Å². The molecule has 0 bridgehead atoms. The molecule has 27 heavy (non-hydrogen) atoms. The number of nitrogens with two attached hydrogens (primary N) is 1. The fourth-order valence-electron chi connectivity index (χ4n) is 2.37. The van der Waals surface area contributed by atoms with Gasteiger partial charge in [0.15, 0.2) is 6.10 Å². The van der Waals surface area contributed by atoms with E-state index in [4.69, 9.17) is 9.88 Å². The molecule has 0 spiro atoms. The lowest BCUT2D eigenvalue weighted by Gasteiger charge is -2.13. The Balaban J connectivity index is 1.66. The molecule has 0 saturated carbocycles. The lowest BCUT2D eigenvalue weighted by atomic mass is 10.1. The van der Waals surface area contributed by atoms with Gasteiger partial charge in [0, 0.05) is 11.1 Å². The van der Waals surface area contributed by atoms with Crippen molar-refractivity contribution in [3.05, 3.63) is 59.5 Å². The summed E-state index contributed by atoms with van der Waals surface area (Å²) in [5.41, 5.74) is 0.600. The molecule has 1 heterocycles. The van der Waals surface area contributed by atoms with Gasteiger partial charge in [-0.1, -0.05) is 30.3 Å². The number of carbonyl (C=O) groups excluding carboxylic acids is 2. The number of hydrogen-bond donors (Lipinski definition) is 2. The fourth-order valence-corrected chi connectivity index (χ4v) is 3.94. The lowest BCUT2D eigenvalue weighted by molar-refractivity contribution is -0.123. The van der Waals surface area contributed by atoms with E-state index in [1.54, 1.807) is 6.07 Å². The van der Waals surface area contributed by atoms with E-state index in [0.29, 0.717) is 5.69 Å². The first-order valence-corrected chi connectivity index (χ1v) is 10.3. The molecule has 9 heteroatoms. The number of sulfonamides is 1. The van der Waals surface area contributed by atoms with E-state index in [0.717, 1.165) is 28.2 Å². The van der Waals surface area contributed by atoms with Crippen LogP contribution >= 0.6 is 11.3 Å². The Kier molecular flexibility index (Phi) is 5.26. The highest BCUT2D eigenvalue weighted by Gasteiger charge is 2.21. The third kappa shape index (κ3) is 4.51. The molecule has 2 aromatic carbocycles. The zero-order valence-electron chi connectivity index (χ0n) is 14.2. The molecule has 140 valence electrons. The number of carbonyl (C=O) groups is 2. The summed E-state index contributed by atoms with van der Waals surface area (Å²) >= 11 is 0.810. The van der Waals surface area contributed by atoms with Gasteiger partial charge in [0.25, 0.3) is 5.91 Å². The summed E-state index contributed by atoms with van der Waals surface area (Å²) in [6.45, 7) is 1.43. The summed E-state index contributed by atoms with van der Waals surface area (Å²) in [6.07, 6.45) is -1.07. The second-order valence-electron chi connectivity index (χ2n) is 5.80. The predicted octanol–water partition coefficient (Wildman–Crippen LogP) is 2.73. The minimum atomic E-state index is -3.89. The third-order valence-corrected chi connectivity index (χ3v) is 6.15. The number of ether oxygens (including phenoxy) is 1. The van der Waals surface area contributed by atoms with Gasteiger partial charge < -0.3 is 10.1 Å². The van der Waals surface area contributed by atoms with E-state index in [-0.39, 0.29) is 9.77 Å². The number of anilines is 1. The fraction of sp³-hybridized carbons (Fsp3) is 0.111. The van der Waals surface area contributed by atoms with Crippen molar-refractivity contribution in [2.75, 3.05) is 5.32 Å². The lowest BCUT2D eigenvalue weighted by Crippen LogP contribution is -2.29. The summed E-state index contributed by atoms with van der Waals surface area (Å²) in [4.78, 5) is 24.4. The monoisotopic (exact) mass is 404 g/mol. The number of nitrogens with one attached hydrogen (secondary N) is 1. The molecule has 3 aromatic rings. The van der Waals surface area contributed by atoms with Crippen molar-refractivity contribution in [2.45, 2.75) is 17.2 Å². The Morgan fingerprint density at radius 2 is 1.81 bits per heavy atom. The van der Waals surface area contributed by atoms with Gasteiger partial charge in [-0.05, 0) is 35.9 Å². The second-order valence-corrected chi connectivity index (χ2v) is 8.50. The first-order chi connectivity index (χ1) is 12.7. The van der Waals surface area contributed by atoms with Crippen LogP contribution in [-0.4, -0.2) is 26.4 Å². The predicted molar refractivity (Wildman–Crippen MR) is 103 cm³/mol. The van der Waals surface area contributed by atoms with Crippen LogP contribution in [-0.2, 0) is 19.6 Å². The summed E-state index contributed by atoms with van der Waals surface area (Å²) in [7, 11) is -3.89. The highest BCUT2D eigenvalue weighted by atomic mass is 32.2. The van der Waals surface area contributed by atoms with Crippen LogP contribution in [0.15, 0.2) is 58.1 Å². The summed E-state index contributed by atoms with van der Waals surface area (Å²) in [6, 6.07) is 14.3. The molecule has 0 aliphatic rings. The van der Waals surface area contributed by atoms with Crippen LogP contribution in [0.1, 0.15) is 17.3 Å². The van der Waals surface area contributed by atoms with Crippen LogP contribution in [0.3, 0.4) is 0 Å². The van der Waals surface area contributed by atoms with Crippen LogP contribution in [0.2, 0.25) is 0 Å². The van der Waals surface area contributed by atoms with Gasteiger partial charge in [-0.2, -0.15) is 0 Å². The number of fused-ring (bicyclic) bond motifs is 1. The Bertz CT molecular complexity index is 1120. The first kappa shape index (κ1) is 19.0. The Morgan fingerprint density at radius 3 is 2.48 bits per heavy atom. The molecule has 1 atom stereocenters. The molecule has 7 nitrogen and oxygen atoms in total. The van der Waals surface area contributed by atoms with Gasteiger partial charge in [-0.25, -0.2) is 18.4 Å². The zero-order valence-corrected chi connectivity index (χ0v) is 15.8. The number of rotatable bonds is 5. The van der Waals surface area contributed by atoms with E-state index < -0.39 is 28.0 Å². The third-order valence-electron chi connectivity index (χ3n) is 3.76. The van der Waals surface area contributed by atoms with Gasteiger partial charge in [-0.15, -0.1) is 11.3 Å². The number of thiophene rings is 1. The highest BCUT2D eigenvalue weighted by Crippen LogP contribution is 2.21. The number of amides is 1. The number of primary sulfonamides is 1. The molecule has 0 fully saturated rings. The molecule has 0 saturated heterocycles. The molecule has 1 aromatic heterocycles. The second kappa shape index (κ2) is 7.47. The van der Waals surface area contributed by atoms with Crippen molar-refractivity contribution in [1.82, 2.24) is 0 Å². The molecule has 0 aliphatic heterocycles. The van der Waals surface area contributed by atoms with E-state index in [9.17, 15) is 18.0 Å². The van der Waals surface area contributed by atoms with Gasteiger partial charge in [0.2, 0.25) is 10.0 Å². The molecular formula is C18H16N2O5S2. The van der Waals surface area contributed by atoms with Crippen LogP contribution in [0.4, 0.5) is 5.69 Å². The average molecular weight is 404 g/mol. The minimum Gasteiger partial charge on any atom is -0.449 e. The van der Waals surface area contributed by atoms with Crippen molar-refractivity contribution in [3.63, 3.8) is 0 Å². The Labute approximate surface area is 159 Å². The molecule has 0 radical (unpaired) electrons. The minimum absolute atomic E-state index is 0.0226. The van der Waals surface area contributed by atoms with Gasteiger partial charge in [-0.3, -0.25) is 4.79 Å². The highest BCUT2D eigenvalue weighted by molar-refractivity contribution is 7.91. The normalized spacial score (nSPS) is 12.5. The summed E-state index contributed by atoms with van der Waals surface area (Å²) in [5.74, 6) is -1.30. The average Bonchev–Trinajstić information content (AvgIpc) is 3.12.